The third-order valence-electron chi connectivity index (χ3n) is 1.60. The van der Waals surface area contributed by atoms with E-state index in [1.165, 1.54) is 11.8 Å². The number of aliphatic imine (C=N–C) groups is 1. The van der Waals surface area contributed by atoms with Gasteiger partial charge in [0.2, 0.25) is 5.91 Å². The molecule has 78 valence electrons. The first-order chi connectivity index (χ1) is 5.82. The lowest BCUT2D eigenvalue weighted by Crippen LogP contribution is -2.17. The predicted molar refractivity (Wildman–Crippen MR) is 57.1 cm³/mol. The van der Waals surface area contributed by atoms with E-state index in [1.54, 1.807) is 21.1 Å². The van der Waals surface area contributed by atoms with Crippen molar-refractivity contribution in [1.29, 1.82) is 0 Å². The molecule has 0 heterocycles. The second-order valence-electron chi connectivity index (χ2n) is 3.08. The first kappa shape index (κ1) is 14.5. The fourth-order valence-electron chi connectivity index (χ4n) is 0.200. The van der Waals surface area contributed by atoms with Crippen LogP contribution in [0.2, 0.25) is 0 Å². The van der Waals surface area contributed by atoms with Crippen molar-refractivity contribution in [2.45, 2.75) is 13.8 Å². The highest BCUT2D eigenvalue weighted by molar-refractivity contribution is 5.78. The van der Waals surface area contributed by atoms with Gasteiger partial charge in [0.15, 0.2) is 0 Å². The molecule has 0 aromatic heterocycles. The summed E-state index contributed by atoms with van der Waals surface area (Å²) in [5.74, 6) is 1.15. The molecular weight excluding hydrogens is 166 g/mol. The molecule has 0 N–H and O–H groups in total. The van der Waals surface area contributed by atoms with Crippen LogP contribution in [0.25, 0.3) is 0 Å². The summed E-state index contributed by atoms with van der Waals surface area (Å²) >= 11 is 0. The van der Waals surface area contributed by atoms with E-state index in [4.69, 9.17) is 0 Å². The van der Waals surface area contributed by atoms with Crippen molar-refractivity contribution >= 4 is 11.7 Å². The average molecular weight is 187 g/mol. The minimum absolute atomic E-state index is 0.0926. The van der Waals surface area contributed by atoms with Crippen LogP contribution >= 0.6 is 0 Å². The minimum atomic E-state index is 0.0926. The zero-order chi connectivity index (χ0) is 11.0. The summed E-state index contributed by atoms with van der Waals surface area (Å²) in [6, 6.07) is 0. The van der Waals surface area contributed by atoms with Crippen LogP contribution in [0.5, 0.6) is 0 Å². The van der Waals surface area contributed by atoms with Crippen LogP contribution < -0.4 is 0 Å². The molecule has 0 aromatic carbocycles. The smallest absolute Gasteiger partial charge is 0.218 e. The lowest BCUT2D eigenvalue weighted by Gasteiger charge is -2.08. The van der Waals surface area contributed by atoms with E-state index in [0.29, 0.717) is 0 Å². The Morgan fingerprint density at radius 3 is 1.31 bits per heavy atom. The standard InChI is InChI=1S/C5H12N2.C4H9NO/c1-5(6-2)7(3)4;1-4(6)5(2)3/h1-4H3;1-3H3. The van der Waals surface area contributed by atoms with Gasteiger partial charge in [0.25, 0.3) is 0 Å². The Hall–Kier alpha value is -1.06. The zero-order valence-electron chi connectivity index (χ0n) is 9.75. The number of amidine groups is 1. The molecule has 1 amide bonds. The first-order valence-corrected chi connectivity index (χ1v) is 4.11. The van der Waals surface area contributed by atoms with Gasteiger partial charge in [-0.15, -0.1) is 0 Å². The largest absolute Gasteiger partial charge is 0.367 e. The minimum Gasteiger partial charge on any atom is -0.367 e. The van der Waals surface area contributed by atoms with Crippen LogP contribution in [-0.2, 0) is 4.79 Å². The van der Waals surface area contributed by atoms with Gasteiger partial charge >= 0.3 is 0 Å². The van der Waals surface area contributed by atoms with Gasteiger partial charge in [-0.25, -0.2) is 0 Å². The van der Waals surface area contributed by atoms with Gasteiger partial charge in [0.1, 0.15) is 0 Å². The summed E-state index contributed by atoms with van der Waals surface area (Å²) in [6.07, 6.45) is 0. The second-order valence-corrected chi connectivity index (χ2v) is 3.08. The summed E-state index contributed by atoms with van der Waals surface area (Å²) in [4.78, 5) is 17.5. The highest BCUT2D eigenvalue weighted by Gasteiger charge is 1.87. The maximum atomic E-state index is 10.1. The fraction of sp³-hybridized carbons (Fsp3) is 0.778. The SMILES string of the molecule is CC(=O)N(C)C.CN=C(C)N(C)C. The van der Waals surface area contributed by atoms with Crippen molar-refractivity contribution in [3.8, 4) is 0 Å². The van der Waals surface area contributed by atoms with Crippen molar-refractivity contribution < 1.29 is 4.79 Å². The van der Waals surface area contributed by atoms with Crippen LogP contribution in [0, 0.1) is 0 Å². The van der Waals surface area contributed by atoms with Gasteiger partial charge in [0, 0.05) is 42.2 Å². The van der Waals surface area contributed by atoms with E-state index in [9.17, 15) is 4.79 Å². The van der Waals surface area contributed by atoms with Gasteiger partial charge in [0.05, 0.1) is 5.84 Å². The summed E-state index contributed by atoms with van der Waals surface area (Å²) < 4.78 is 0. The number of carbonyl (C=O) groups is 1. The second kappa shape index (κ2) is 7.58. The molecule has 0 fully saturated rings. The maximum Gasteiger partial charge on any atom is 0.218 e. The number of hydrogen-bond donors (Lipinski definition) is 0. The molecule has 0 rings (SSSR count). The molecule has 0 unspecified atom stereocenters. The normalized spacial score (nSPS) is 9.92. The molecule has 0 aliphatic rings. The Kier molecular flexibility index (Phi) is 8.44. The van der Waals surface area contributed by atoms with Gasteiger partial charge in [-0.1, -0.05) is 0 Å². The van der Waals surface area contributed by atoms with E-state index in [-0.39, 0.29) is 5.91 Å². The highest BCUT2D eigenvalue weighted by Crippen LogP contribution is 1.76. The van der Waals surface area contributed by atoms with Crippen molar-refractivity contribution in [1.82, 2.24) is 9.80 Å². The van der Waals surface area contributed by atoms with Crippen LogP contribution in [0.4, 0.5) is 0 Å². The van der Waals surface area contributed by atoms with E-state index >= 15 is 0 Å². The summed E-state index contributed by atoms with van der Waals surface area (Å²) in [7, 11) is 9.19. The maximum absolute atomic E-state index is 10.1. The Morgan fingerprint density at radius 1 is 1.00 bits per heavy atom. The molecule has 0 aliphatic heterocycles. The molecule has 0 saturated carbocycles. The molecule has 0 spiro atoms. The molecule has 0 saturated heterocycles. The van der Waals surface area contributed by atoms with Gasteiger partial charge < -0.3 is 9.80 Å². The first-order valence-electron chi connectivity index (χ1n) is 4.11. The van der Waals surface area contributed by atoms with Gasteiger partial charge in [-0.3, -0.25) is 9.79 Å². The molecule has 4 nitrogen and oxygen atoms in total. The van der Waals surface area contributed by atoms with Crippen LogP contribution in [0.1, 0.15) is 13.8 Å². The number of rotatable bonds is 0. The van der Waals surface area contributed by atoms with Crippen LogP contribution in [0.3, 0.4) is 0 Å². The Morgan fingerprint density at radius 2 is 1.31 bits per heavy atom. The van der Waals surface area contributed by atoms with E-state index in [0.717, 1.165) is 5.84 Å². The van der Waals surface area contributed by atoms with E-state index in [2.05, 4.69) is 4.99 Å². The number of nitrogens with zero attached hydrogens (tertiary/aromatic N) is 3. The Bertz CT molecular complexity index is 174. The highest BCUT2D eigenvalue weighted by atomic mass is 16.2. The molecule has 13 heavy (non-hydrogen) atoms. The third kappa shape index (κ3) is 10.9. The molecule has 0 aliphatic carbocycles. The molecule has 0 aromatic rings. The van der Waals surface area contributed by atoms with Crippen molar-refractivity contribution in [3.05, 3.63) is 0 Å². The topological polar surface area (TPSA) is 35.9 Å². The Balaban J connectivity index is 0. The van der Waals surface area contributed by atoms with Crippen molar-refractivity contribution in [2.24, 2.45) is 4.99 Å². The summed E-state index contributed by atoms with van der Waals surface area (Å²) in [5.41, 5.74) is 0. The van der Waals surface area contributed by atoms with E-state index in [1.807, 2.05) is 25.9 Å². The Labute approximate surface area is 81.2 Å². The van der Waals surface area contributed by atoms with Crippen molar-refractivity contribution in [2.75, 3.05) is 35.2 Å². The summed E-state index contributed by atoms with van der Waals surface area (Å²) in [5, 5.41) is 0. The molecular formula is C9H21N3O. The number of amides is 1. The third-order valence-corrected chi connectivity index (χ3v) is 1.60. The average Bonchev–Trinajstić information content (AvgIpc) is 2.03. The van der Waals surface area contributed by atoms with Crippen LogP contribution in [0.15, 0.2) is 4.99 Å². The van der Waals surface area contributed by atoms with E-state index < -0.39 is 0 Å². The molecule has 0 radical (unpaired) electrons. The van der Waals surface area contributed by atoms with Gasteiger partial charge in [-0.05, 0) is 6.92 Å². The fourth-order valence-corrected chi connectivity index (χ4v) is 0.200. The zero-order valence-corrected chi connectivity index (χ0v) is 9.75. The number of hydrogen-bond acceptors (Lipinski definition) is 2. The number of carbonyl (C=O) groups excluding carboxylic acids is 1. The summed E-state index contributed by atoms with van der Waals surface area (Å²) in [6.45, 7) is 3.50. The van der Waals surface area contributed by atoms with Crippen molar-refractivity contribution in [3.63, 3.8) is 0 Å². The molecule has 4 heteroatoms. The van der Waals surface area contributed by atoms with Gasteiger partial charge in [-0.2, -0.15) is 0 Å². The quantitative estimate of drug-likeness (QED) is 0.413. The monoisotopic (exact) mass is 187 g/mol. The lowest BCUT2D eigenvalue weighted by atomic mass is 10.6. The predicted octanol–water partition coefficient (Wildman–Crippen LogP) is 0.691. The molecule has 0 bridgehead atoms. The lowest BCUT2D eigenvalue weighted by molar-refractivity contribution is -0.126. The van der Waals surface area contributed by atoms with Crippen LogP contribution in [-0.4, -0.2) is 56.8 Å². The molecule has 0 atom stereocenters.